The van der Waals surface area contributed by atoms with E-state index in [1.54, 1.807) is 0 Å². The molecule has 3 N–H and O–H groups in total. The van der Waals surface area contributed by atoms with Crippen molar-refractivity contribution in [3.8, 4) is 0 Å². The molecule has 2 aliphatic rings. The average molecular weight is 591 g/mol. The highest BCUT2D eigenvalue weighted by Gasteiger charge is 2.20. The lowest BCUT2D eigenvalue weighted by Crippen LogP contribution is -2.41. The van der Waals surface area contributed by atoms with E-state index in [4.69, 9.17) is 0 Å². The van der Waals surface area contributed by atoms with Crippen molar-refractivity contribution < 1.29 is 15.3 Å². The molecule has 1 aromatic carbocycles. The lowest BCUT2D eigenvalue weighted by molar-refractivity contribution is 0.102. The van der Waals surface area contributed by atoms with Crippen molar-refractivity contribution in [3.63, 3.8) is 0 Å². The van der Waals surface area contributed by atoms with Crippen molar-refractivity contribution in [2.24, 2.45) is 5.92 Å². The van der Waals surface area contributed by atoms with Crippen LogP contribution in [0.15, 0.2) is 24.3 Å². The number of hydrogen-bond acceptors (Lipinski definition) is 9. The van der Waals surface area contributed by atoms with Crippen molar-refractivity contribution in [3.05, 3.63) is 35.4 Å². The molecule has 2 heterocycles. The summed E-state index contributed by atoms with van der Waals surface area (Å²) in [6.07, 6.45) is -0.990. The molecule has 9 heteroatoms. The van der Waals surface area contributed by atoms with Crippen LogP contribution in [0.5, 0.6) is 0 Å². The molecule has 42 heavy (non-hydrogen) atoms. The third-order valence-corrected chi connectivity index (χ3v) is 8.39. The van der Waals surface area contributed by atoms with E-state index in [0.29, 0.717) is 19.0 Å². The van der Waals surface area contributed by atoms with Crippen LogP contribution in [-0.4, -0.2) is 168 Å². The Hall–Kier alpha value is -1.14. The monoisotopic (exact) mass is 590 g/mol. The van der Waals surface area contributed by atoms with Gasteiger partial charge in [-0.25, -0.2) is 0 Å². The van der Waals surface area contributed by atoms with Gasteiger partial charge in [-0.1, -0.05) is 38.1 Å². The predicted octanol–water partition coefficient (Wildman–Crippen LogP) is 1.32. The van der Waals surface area contributed by atoms with Crippen LogP contribution in [0.25, 0.3) is 0 Å². The van der Waals surface area contributed by atoms with Crippen molar-refractivity contribution in [1.29, 1.82) is 0 Å². The first-order valence-corrected chi connectivity index (χ1v) is 16.5. The van der Waals surface area contributed by atoms with Gasteiger partial charge >= 0.3 is 0 Å². The maximum absolute atomic E-state index is 10.1. The van der Waals surface area contributed by atoms with Crippen LogP contribution in [0.4, 0.5) is 0 Å². The second kappa shape index (κ2) is 18.6. The highest BCUT2D eigenvalue weighted by atomic mass is 16.3. The van der Waals surface area contributed by atoms with Crippen LogP contribution in [0.1, 0.15) is 45.7 Å². The maximum atomic E-state index is 10.1. The molecule has 0 radical (unpaired) electrons. The Bertz CT molecular complexity index is 761. The van der Waals surface area contributed by atoms with Crippen molar-refractivity contribution >= 4 is 0 Å². The fraction of sp³-hybridized carbons (Fsp3) is 0.818. The van der Waals surface area contributed by atoms with Gasteiger partial charge in [-0.15, -0.1) is 0 Å². The lowest BCUT2D eigenvalue weighted by Gasteiger charge is -2.28. The Morgan fingerprint density at radius 3 is 1.05 bits per heavy atom. The van der Waals surface area contributed by atoms with Crippen LogP contribution in [0, 0.1) is 5.92 Å². The molecule has 242 valence electrons. The Morgan fingerprint density at radius 2 is 0.762 bits per heavy atom. The first-order chi connectivity index (χ1) is 20.0. The van der Waals surface area contributed by atoms with Gasteiger partial charge in [0.2, 0.25) is 0 Å². The van der Waals surface area contributed by atoms with E-state index < -0.39 is 0 Å². The second-order valence-corrected chi connectivity index (χ2v) is 13.5. The molecule has 3 atom stereocenters. The van der Waals surface area contributed by atoms with E-state index in [9.17, 15) is 15.3 Å². The summed E-state index contributed by atoms with van der Waals surface area (Å²) in [6, 6.07) is 9.12. The molecule has 0 aromatic heterocycles. The standard InChI is InChI=1S/C33H62N6O3/c1-28(2)22-34-9-11-35(23-29(3)40)14-18-38(17-10-34)26-32-7-6-8-33(21-32)27-39-19-15-36(24-30(4)41)12-13-37(16-20-39)25-31(5)42/h6-8,21,28-31,40-42H,9-20,22-27H2,1-5H3/t29-,30-,31-/m0/s1. The molecule has 3 rings (SSSR count). The van der Waals surface area contributed by atoms with E-state index in [1.807, 2.05) is 20.8 Å². The smallest absolute Gasteiger partial charge is 0.0639 e. The zero-order chi connectivity index (χ0) is 30.5. The first-order valence-electron chi connectivity index (χ1n) is 16.5. The molecule has 0 spiro atoms. The van der Waals surface area contributed by atoms with E-state index in [0.717, 1.165) is 105 Å². The minimum Gasteiger partial charge on any atom is -0.392 e. The van der Waals surface area contributed by atoms with Gasteiger partial charge in [0.05, 0.1) is 18.3 Å². The van der Waals surface area contributed by atoms with Gasteiger partial charge in [0.15, 0.2) is 0 Å². The van der Waals surface area contributed by atoms with Gasteiger partial charge in [0.25, 0.3) is 0 Å². The first kappa shape index (κ1) is 35.3. The summed E-state index contributed by atoms with van der Waals surface area (Å²) in [5.74, 6) is 0.645. The Labute approximate surface area is 256 Å². The third kappa shape index (κ3) is 14.1. The highest BCUT2D eigenvalue weighted by molar-refractivity contribution is 5.23. The summed E-state index contributed by atoms with van der Waals surface area (Å²) in [5, 5.41) is 30.1. The largest absolute Gasteiger partial charge is 0.392 e. The molecule has 0 unspecified atom stereocenters. The summed E-state index contributed by atoms with van der Waals surface area (Å²) < 4.78 is 0. The highest BCUT2D eigenvalue weighted by Crippen LogP contribution is 2.14. The van der Waals surface area contributed by atoms with E-state index in [2.05, 4.69) is 67.5 Å². The molecular weight excluding hydrogens is 528 g/mol. The van der Waals surface area contributed by atoms with Crippen molar-refractivity contribution in [1.82, 2.24) is 29.4 Å². The van der Waals surface area contributed by atoms with Crippen LogP contribution in [-0.2, 0) is 13.1 Å². The van der Waals surface area contributed by atoms with Gasteiger partial charge in [-0.05, 0) is 37.8 Å². The van der Waals surface area contributed by atoms with E-state index in [1.165, 1.54) is 11.1 Å². The van der Waals surface area contributed by atoms with Gasteiger partial charge in [0.1, 0.15) is 0 Å². The molecule has 0 aliphatic carbocycles. The molecule has 2 aliphatic heterocycles. The SMILES string of the molecule is CC(C)CN1CCN(Cc2cccc(CN3CCN(C[C@H](C)O)CCN(C[C@H](C)O)CC3)c2)CCN(C[C@H](C)O)CC1. The molecule has 2 saturated heterocycles. The number of β-amino-alcohol motifs (C(OH)–C–C–N with tert-alkyl or cyclic N) is 3. The summed E-state index contributed by atoms with van der Waals surface area (Å²) >= 11 is 0. The molecule has 0 saturated carbocycles. The van der Waals surface area contributed by atoms with Crippen LogP contribution in [0.3, 0.4) is 0 Å². The van der Waals surface area contributed by atoms with E-state index >= 15 is 0 Å². The van der Waals surface area contributed by atoms with Gasteiger partial charge in [-0.2, -0.15) is 0 Å². The fourth-order valence-electron chi connectivity index (χ4n) is 6.39. The minimum absolute atomic E-state index is 0.305. The third-order valence-electron chi connectivity index (χ3n) is 8.39. The Morgan fingerprint density at radius 1 is 0.476 bits per heavy atom. The summed E-state index contributed by atoms with van der Waals surface area (Å²) in [5.41, 5.74) is 2.71. The normalized spacial score (nSPS) is 23.0. The topological polar surface area (TPSA) is 80.1 Å². The number of hydrogen-bond donors (Lipinski definition) is 3. The lowest BCUT2D eigenvalue weighted by atomic mass is 10.1. The number of aliphatic hydroxyl groups is 3. The fourth-order valence-corrected chi connectivity index (χ4v) is 6.39. The number of rotatable bonds is 12. The minimum atomic E-state index is -0.342. The summed E-state index contributed by atoms with van der Waals surface area (Å²) in [4.78, 5) is 14.9. The summed E-state index contributed by atoms with van der Waals surface area (Å²) in [7, 11) is 0. The van der Waals surface area contributed by atoms with E-state index in [-0.39, 0.29) is 18.3 Å². The van der Waals surface area contributed by atoms with Crippen molar-refractivity contribution in [2.45, 2.75) is 66.0 Å². The summed E-state index contributed by atoms with van der Waals surface area (Å²) in [6.45, 7) is 27.2. The van der Waals surface area contributed by atoms with Crippen LogP contribution in [0.2, 0.25) is 0 Å². The Balaban J connectivity index is 1.66. The number of benzene rings is 1. The average Bonchev–Trinajstić information content (AvgIpc) is 3.04. The maximum Gasteiger partial charge on any atom is 0.0639 e. The molecule has 0 bridgehead atoms. The number of nitrogens with zero attached hydrogens (tertiary/aromatic N) is 6. The van der Waals surface area contributed by atoms with Gasteiger partial charge in [0, 0.05) is 118 Å². The Kier molecular flexibility index (Phi) is 15.7. The molecule has 1 aromatic rings. The van der Waals surface area contributed by atoms with Gasteiger partial charge in [-0.3, -0.25) is 24.5 Å². The predicted molar refractivity (Wildman–Crippen MR) is 173 cm³/mol. The second-order valence-electron chi connectivity index (χ2n) is 13.5. The molecular formula is C33H62N6O3. The van der Waals surface area contributed by atoms with Crippen LogP contribution >= 0.6 is 0 Å². The van der Waals surface area contributed by atoms with Gasteiger partial charge < -0.3 is 20.2 Å². The number of aliphatic hydroxyl groups excluding tert-OH is 3. The molecule has 9 nitrogen and oxygen atoms in total. The molecule has 2 fully saturated rings. The van der Waals surface area contributed by atoms with Crippen LogP contribution < -0.4 is 0 Å². The van der Waals surface area contributed by atoms with Crippen molar-refractivity contribution in [2.75, 3.05) is 105 Å². The quantitative estimate of drug-likeness (QED) is 0.334. The molecule has 0 amide bonds. The zero-order valence-electron chi connectivity index (χ0n) is 27.4. The zero-order valence-corrected chi connectivity index (χ0v) is 27.4.